The molecule has 0 spiro atoms. The molecule has 1 unspecified atom stereocenters. The number of hydrogen-bond acceptors (Lipinski definition) is 3. The Morgan fingerprint density at radius 3 is 2.95 bits per heavy atom. The third-order valence-electron chi connectivity index (χ3n) is 3.89. The molecule has 0 radical (unpaired) electrons. The van der Waals surface area contributed by atoms with E-state index in [4.69, 9.17) is 4.74 Å². The van der Waals surface area contributed by atoms with Gasteiger partial charge < -0.3 is 15.0 Å². The van der Waals surface area contributed by atoms with Gasteiger partial charge in [-0.25, -0.2) is 0 Å². The van der Waals surface area contributed by atoms with Gasteiger partial charge >= 0.3 is 0 Å². The molecule has 20 heavy (non-hydrogen) atoms. The highest BCUT2D eigenvalue weighted by Crippen LogP contribution is 2.29. The number of methoxy groups -OCH3 is 1. The van der Waals surface area contributed by atoms with Crippen molar-refractivity contribution in [1.29, 1.82) is 0 Å². The zero-order chi connectivity index (χ0) is 14.4. The normalized spacial score (nSPS) is 20.4. The molecule has 0 aromatic heterocycles. The largest absolute Gasteiger partial charge is 0.497 e. The third kappa shape index (κ3) is 4.38. The second kappa shape index (κ2) is 7.89. The van der Waals surface area contributed by atoms with Crippen molar-refractivity contribution < 1.29 is 4.74 Å². The third-order valence-corrected chi connectivity index (χ3v) is 4.59. The van der Waals surface area contributed by atoms with Gasteiger partial charge in [-0.3, -0.25) is 0 Å². The van der Waals surface area contributed by atoms with Crippen molar-refractivity contribution in [2.45, 2.75) is 38.6 Å². The minimum absolute atomic E-state index is 0.556. The summed E-state index contributed by atoms with van der Waals surface area (Å²) in [5.41, 5.74) is 1.14. The molecule has 1 N–H and O–H groups in total. The van der Waals surface area contributed by atoms with Crippen molar-refractivity contribution in [2.24, 2.45) is 0 Å². The smallest absolute Gasteiger partial charge is 0.121 e. The molecule has 1 aliphatic rings. The number of anilines is 1. The summed E-state index contributed by atoms with van der Waals surface area (Å²) in [5, 5.41) is 3.67. The van der Waals surface area contributed by atoms with Gasteiger partial charge in [0, 0.05) is 23.1 Å². The second-order valence-corrected chi connectivity index (χ2v) is 6.31. The van der Waals surface area contributed by atoms with E-state index >= 15 is 0 Å². The number of benzene rings is 1. The topological polar surface area (TPSA) is 24.5 Å². The highest BCUT2D eigenvalue weighted by atomic mass is 79.9. The standard InChI is InChI=1S/C16H25BrN2O/c1-3-9-19-10-4-5-13(8-11-19)18-16-12-14(20-2)6-7-15(16)17/h6-7,12-13,18H,3-5,8-11H2,1-2H3. The molecule has 2 rings (SSSR count). The molecule has 4 heteroatoms. The lowest BCUT2D eigenvalue weighted by molar-refractivity contribution is 0.285. The molecular formula is C16H25BrN2O. The Morgan fingerprint density at radius 1 is 1.35 bits per heavy atom. The molecule has 0 saturated carbocycles. The van der Waals surface area contributed by atoms with Gasteiger partial charge in [-0.15, -0.1) is 0 Å². The van der Waals surface area contributed by atoms with Gasteiger partial charge in [-0.05, 0) is 66.8 Å². The number of nitrogens with one attached hydrogen (secondary N) is 1. The lowest BCUT2D eigenvalue weighted by Gasteiger charge is -2.21. The molecule has 1 aromatic carbocycles. The Balaban J connectivity index is 1.96. The first-order chi connectivity index (χ1) is 9.72. The molecular weight excluding hydrogens is 316 g/mol. The van der Waals surface area contributed by atoms with E-state index in [2.05, 4.69) is 39.1 Å². The molecule has 1 atom stereocenters. The number of ether oxygens (including phenoxy) is 1. The van der Waals surface area contributed by atoms with Crippen LogP contribution in [0.5, 0.6) is 5.75 Å². The lowest BCUT2D eigenvalue weighted by Crippen LogP contribution is -2.27. The first-order valence-electron chi connectivity index (χ1n) is 7.55. The number of hydrogen-bond donors (Lipinski definition) is 1. The van der Waals surface area contributed by atoms with E-state index in [-0.39, 0.29) is 0 Å². The van der Waals surface area contributed by atoms with Crippen molar-refractivity contribution in [1.82, 2.24) is 4.90 Å². The zero-order valence-corrected chi connectivity index (χ0v) is 14.1. The van der Waals surface area contributed by atoms with Crippen LogP contribution in [0.2, 0.25) is 0 Å². The molecule has 112 valence electrons. The van der Waals surface area contributed by atoms with E-state index in [1.807, 2.05) is 12.1 Å². The molecule has 1 aromatic rings. The van der Waals surface area contributed by atoms with Gasteiger partial charge in [-0.1, -0.05) is 6.92 Å². The molecule has 0 aliphatic carbocycles. The van der Waals surface area contributed by atoms with E-state index in [9.17, 15) is 0 Å². The Kier molecular flexibility index (Phi) is 6.17. The SMILES string of the molecule is CCCN1CCCC(Nc2cc(OC)ccc2Br)CC1. The van der Waals surface area contributed by atoms with Gasteiger partial charge in [-0.2, -0.15) is 0 Å². The van der Waals surface area contributed by atoms with Gasteiger partial charge in [0.1, 0.15) is 5.75 Å². The maximum atomic E-state index is 5.30. The second-order valence-electron chi connectivity index (χ2n) is 5.46. The molecule has 3 nitrogen and oxygen atoms in total. The van der Waals surface area contributed by atoms with Crippen LogP contribution in [0.4, 0.5) is 5.69 Å². The summed E-state index contributed by atoms with van der Waals surface area (Å²) in [6, 6.07) is 6.64. The van der Waals surface area contributed by atoms with Crippen LogP contribution in [-0.2, 0) is 0 Å². The average molecular weight is 341 g/mol. The van der Waals surface area contributed by atoms with Crippen LogP contribution in [0.3, 0.4) is 0 Å². The fourth-order valence-corrected chi connectivity index (χ4v) is 3.16. The van der Waals surface area contributed by atoms with E-state index in [1.165, 1.54) is 45.3 Å². The maximum Gasteiger partial charge on any atom is 0.121 e. The zero-order valence-electron chi connectivity index (χ0n) is 12.5. The van der Waals surface area contributed by atoms with Gasteiger partial charge in [0.25, 0.3) is 0 Å². The average Bonchev–Trinajstić information content (AvgIpc) is 2.67. The molecule has 1 aliphatic heterocycles. The maximum absolute atomic E-state index is 5.30. The minimum atomic E-state index is 0.556. The van der Waals surface area contributed by atoms with Crippen molar-refractivity contribution in [3.63, 3.8) is 0 Å². The number of halogens is 1. The van der Waals surface area contributed by atoms with Crippen molar-refractivity contribution in [3.8, 4) is 5.75 Å². The number of nitrogens with zero attached hydrogens (tertiary/aromatic N) is 1. The van der Waals surface area contributed by atoms with Crippen LogP contribution in [0, 0.1) is 0 Å². The summed E-state index contributed by atoms with van der Waals surface area (Å²) in [7, 11) is 1.71. The summed E-state index contributed by atoms with van der Waals surface area (Å²) in [6.07, 6.45) is 4.98. The van der Waals surface area contributed by atoms with E-state index in [0.29, 0.717) is 6.04 Å². The van der Waals surface area contributed by atoms with Crippen LogP contribution in [0.1, 0.15) is 32.6 Å². The van der Waals surface area contributed by atoms with Gasteiger partial charge in [0.15, 0.2) is 0 Å². The lowest BCUT2D eigenvalue weighted by atomic mass is 10.1. The highest BCUT2D eigenvalue weighted by molar-refractivity contribution is 9.10. The van der Waals surface area contributed by atoms with Crippen LogP contribution in [0.25, 0.3) is 0 Å². The van der Waals surface area contributed by atoms with Crippen molar-refractivity contribution >= 4 is 21.6 Å². The fraction of sp³-hybridized carbons (Fsp3) is 0.625. The van der Waals surface area contributed by atoms with Gasteiger partial charge in [0.2, 0.25) is 0 Å². The molecule has 0 bridgehead atoms. The highest BCUT2D eigenvalue weighted by Gasteiger charge is 2.17. The Morgan fingerprint density at radius 2 is 2.20 bits per heavy atom. The minimum Gasteiger partial charge on any atom is -0.497 e. The summed E-state index contributed by atoms with van der Waals surface area (Å²) < 4.78 is 6.41. The van der Waals surface area contributed by atoms with Crippen molar-refractivity contribution in [2.75, 3.05) is 32.1 Å². The molecule has 1 heterocycles. The fourth-order valence-electron chi connectivity index (χ4n) is 2.80. The van der Waals surface area contributed by atoms with Crippen LogP contribution in [0.15, 0.2) is 22.7 Å². The summed E-state index contributed by atoms with van der Waals surface area (Å²) >= 11 is 3.61. The van der Waals surface area contributed by atoms with Gasteiger partial charge in [0.05, 0.1) is 12.8 Å². The number of likely N-dealkylation sites (tertiary alicyclic amines) is 1. The van der Waals surface area contributed by atoms with E-state index in [0.717, 1.165) is 15.9 Å². The van der Waals surface area contributed by atoms with Crippen LogP contribution < -0.4 is 10.1 Å². The van der Waals surface area contributed by atoms with E-state index < -0.39 is 0 Å². The Labute approximate surface area is 130 Å². The summed E-state index contributed by atoms with van der Waals surface area (Å²) in [6.45, 7) is 5.93. The predicted octanol–water partition coefficient (Wildman–Crippen LogP) is 4.13. The van der Waals surface area contributed by atoms with Crippen molar-refractivity contribution in [3.05, 3.63) is 22.7 Å². The van der Waals surface area contributed by atoms with E-state index in [1.54, 1.807) is 7.11 Å². The first kappa shape index (κ1) is 15.6. The van der Waals surface area contributed by atoms with Crippen LogP contribution >= 0.6 is 15.9 Å². The summed E-state index contributed by atoms with van der Waals surface area (Å²) in [4.78, 5) is 2.59. The molecule has 0 amide bonds. The molecule has 1 fully saturated rings. The predicted molar refractivity (Wildman–Crippen MR) is 88.7 cm³/mol. The summed E-state index contributed by atoms with van der Waals surface area (Å²) in [5.74, 6) is 0.900. The number of rotatable bonds is 5. The molecule has 1 saturated heterocycles. The van der Waals surface area contributed by atoms with Crippen LogP contribution in [-0.4, -0.2) is 37.7 Å². The monoisotopic (exact) mass is 340 g/mol. The Bertz CT molecular complexity index is 425. The first-order valence-corrected chi connectivity index (χ1v) is 8.34. The quantitative estimate of drug-likeness (QED) is 0.871. The Hall–Kier alpha value is -0.740.